The van der Waals surface area contributed by atoms with Crippen LogP contribution in [-0.2, 0) is 4.74 Å². The van der Waals surface area contributed by atoms with E-state index in [1.807, 2.05) is 26.0 Å². The number of ketones is 1. The minimum Gasteiger partial charge on any atom is -0.493 e. The van der Waals surface area contributed by atoms with Gasteiger partial charge in [0, 0.05) is 5.56 Å². The molecule has 2 rings (SSSR count). The fourth-order valence-corrected chi connectivity index (χ4v) is 2.47. The summed E-state index contributed by atoms with van der Waals surface area (Å²) in [5.41, 5.74) is 2.68. The standard InChI is InChI=1S/C20H22O5/c1-12-6-7-13(2)16(10-12)19(21)14(3)25-20(22)15-8-9-17(23-4)18(11-15)24-5/h6-11,14H,1-5H3/t14-/m0/s1. The van der Waals surface area contributed by atoms with E-state index in [1.54, 1.807) is 25.1 Å². The van der Waals surface area contributed by atoms with Gasteiger partial charge in [-0.05, 0) is 50.6 Å². The first-order valence-corrected chi connectivity index (χ1v) is 7.91. The summed E-state index contributed by atoms with van der Waals surface area (Å²) in [5.74, 6) is 0.117. The maximum absolute atomic E-state index is 12.6. The van der Waals surface area contributed by atoms with Crippen LogP contribution in [0.1, 0.15) is 38.8 Å². The van der Waals surface area contributed by atoms with E-state index in [9.17, 15) is 9.59 Å². The molecule has 0 saturated heterocycles. The zero-order valence-corrected chi connectivity index (χ0v) is 15.1. The fraction of sp³-hybridized carbons (Fsp3) is 0.300. The number of aryl methyl sites for hydroxylation is 2. The van der Waals surface area contributed by atoms with Crippen LogP contribution in [0.2, 0.25) is 0 Å². The molecule has 5 nitrogen and oxygen atoms in total. The second kappa shape index (κ2) is 7.83. The molecule has 0 radical (unpaired) electrons. The highest BCUT2D eigenvalue weighted by atomic mass is 16.5. The van der Waals surface area contributed by atoms with Crippen LogP contribution in [-0.4, -0.2) is 32.1 Å². The Labute approximate surface area is 147 Å². The number of benzene rings is 2. The molecule has 0 aliphatic carbocycles. The summed E-state index contributed by atoms with van der Waals surface area (Å²) in [6, 6.07) is 10.3. The van der Waals surface area contributed by atoms with Gasteiger partial charge in [-0.25, -0.2) is 4.79 Å². The van der Waals surface area contributed by atoms with Crippen molar-refractivity contribution in [1.82, 2.24) is 0 Å². The lowest BCUT2D eigenvalue weighted by atomic mass is 9.99. The summed E-state index contributed by atoms with van der Waals surface area (Å²) in [6.07, 6.45) is -0.888. The molecule has 0 aliphatic heterocycles. The maximum atomic E-state index is 12.6. The van der Waals surface area contributed by atoms with E-state index in [4.69, 9.17) is 14.2 Å². The molecule has 0 spiro atoms. The van der Waals surface area contributed by atoms with Gasteiger partial charge in [0.1, 0.15) is 0 Å². The third-order valence-electron chi connectivity index (χ3n) is 3.93. The number of rotatable bonds is 6. The van der Waals surface area contributed by atoms with Gasteiger partial charge in [0.25, 0.3) is 0 Å². The summed E-state index contributed by atoms with van der Waals surface area (Å²) < 4.78 is 15.7. The predicted molar refractivity (Wildman–Crippen MR) is 94.7 cm³/mol. The minimum atomic E-state index is -0.888. The number of esters is 1. The molecule has 0 fully saturated rings. The average Bonchev–Trinajstić information content (AvgIpc) is 2.62. The van der Waals surface area contributed by atoms with Crippen molar-refractivity contribution in [3.05, 3.63) is 58.7 Å². The molecule has 2 aromatic rings. The van der Waals surface area contributed by atoms with Gasteiger partial charge in [-0.1, -0.05) is 17.7 Å². The molecule has 0 amide bonds. The molecule has 5 heteroatoms. The molecular weight excluding hydrogens is 320 g/mol. The number of carbonyl (C=O) groups is 2. The lowest BCUT2D eigenvalue weighted by Gasteiger charge is -2.15. The molecule has 1 atom stereocenters. The maximum Gasteiger partial charge on any atom is 0.338 e. The highest BCUT2D eigenvalue weighted by molar-refractivity contribution is 6.02. The van der Waals surface area contributed by atoms with Crippen molar-refractivity contribution in [2.45, 2.75) is 26.9 Å². The van der Waals surface area contributed by atoms with E-state index in [0.717, 1.165) is 11.1 Å². The smallest absolute Gasteiger partial charge is 0.338 e. The number of hydrogen-bond donors (Lipinski definition) is 0. The van der Waals surface area contributed by atoms with Gasteiger partial charge in [-0.3, -0.25) is 4.79 Å². The fourth-order valence-electron chi connectivity index (χ4n) is 2.47. The zero-order chi connectivity index (χ0) is 18.6. The van der Waals surface area contributed by atoms with E-state index in [2.05, 4.69) is 0 Å². The highest BCUT2D eigenvalue weighted by Gasteiger charge is 2.22. The number of Topliss-reactive ketones (excluding diaryl/α,β-unsaturated/α-hetero) is 1. The Balaban J connectivity index is 2.17. The average molecular weight is 342 g/mol. The van der Waals surface area contributed by atoms with E-state index in [0.29, 0.717) is 22.6 Å². The van der Waals surface area contributed by atoms with Gasteiger partial charge < -0.3 is 14.2 Å². The third kappa shape index (κ3) is 4.18. The summed E-state index contributed by atoms with van der Waals surface area (Å²) in [4.78, 5) is 24.9. The Kier molecular flexibility index (Phi) is 5.80. The van der Waals surface area contributed by atoms with E-state index in [-0.39, 0.29) is 5.78 Å². The van der Waals surface area contributed by atoms with Gasteiger partial charge >= 0.3 is 5.97 Å². The Morgan fingerprint density at radius 2 is 1.60 bits per heavy atom. The third-order valence-corrected chi connectivity index (χ3v) is 3.93. The SMILES string of the molecule is COc1ccc(C(=O)O[C@@H](C)C(=O)c2cc(C)ccc2C)cc1OC. The van der Waals surface area contributed by atoms with Crippen molar-refractivity contribution < 1.29 is 23.8 Å². The molecule has 0 bridgehead atoms. The summed E-state index contributed by atoms with van der Waals surface area (Å²) >= 11 is 0. The minimum absolute atomic E-state index is 0.227. The van der Waals surface area contributed by atoms with Crippen LogP contribution in [0.4, 0.5) is 0 Å². The van der Waals surface area contributed by atoms with Crippen LogP contribution in [0.5, 0.6) is 11.5 Å². The summed E-state index contributed by atoms with van der Waals surface area (Å²) in [6.45, 7) is 5.34. The largest absolute Gasteiger partial charge is 0.493 e. The van der Waals surface area contributed by atoms with Gasteiger partial charge in [0.2, 0.25) is 5.78 Å². The van der Waals surface area contributed by atoms with Crippen LogP contribution < -0.4 is 9.47 Å². The zero-order valence-electron chi connectivity index (χ0n) is 15.1. The summed E-state index contributed by atoms with van der Waals surface area (Å²) in [5, 5.41) is 0. The van der Waals surface area contributed by atoms with E-state index >= 15 is 0 Å². The lowest BCUT2D eigenvalue weighted by Crippen LogP contribution is -2.25. The van der Waals surface area contributed by atoms with Crippen molar-refractivity contribution in [3.8, 4) is 11.5 Å². The normalized spacial score (nSPS) is 11.6. The second-order valence-corrected chi connectivity index (χ2v) is 5.80. The number of carbonyl (C=O) groups excluding carboxylic acids is 2. The molecule has 0 aromatic heterocycles. The monoisotopic (exact) mass is 342 g/mol. The number of ether oxygens (including phenoxy) is 3. The van der Waals surface area contributed by atoms with Crippen LogP contribution in [0.3, 0.4) is 0 Å². The van der Waals surface area contributed by atoms with Crippen molar-refractivity contribution in [2.24, 2.45) is 0 Å². The Morgan fingerprint density at radius 1 is 0.920 bits per heavy atom. The molecule has 0 saturated carbocycles. The van der Waals surface area contributed by atoms with Crippen LogP contribution in [0.15, 0.2) is 36.4 Å². The van der Waals surface area contributed by atoms with Crippen LogP contribution in [0, 0.1) is 13.8 Å². The number of hydrogen-bond acceptors (Lipinski definition) is 5. The van der Waals surface area contributed by atoms with Gasteiger partial charge in [-0.15, -0.1) is 0 Å². The molecule has 0 heterocycles. The lowest BCUT2D eigenvalue weighted by molar-refractivity contribution is 0.0318. The van der Waals surface area contributed by atoms with Crippen molar-refractivity contribution in [1.29, 1.82) is 0 Å². The van der Waals surface area contributed by atoms with Gasteiger partial charge in [-0.2, -0.15) is 0 Å². The molecule has 0 N–H and O–H groups in total. The first-order valence-electron chi connectivity index (χ1n) is 7.91. The molecule has 2 aromatic carbocycles. The second-order valence-electron chi connectivity index (χ2n) is 5.80. The first-order chi connectivity index (χ1) is 11.9. The Bertz CT molecular complexity index is 795. The van der Waals surface area contributed by atoms with Gasteiger partial charge in [0.05, 0.1) is 19.8 Å². The van der Waals surface area contributed by atoms with Crippen LogP contribution in [0.25, 0.3) is 0 Å². The molecule has 0 unspecified atom stereocenters. The predicted octanol–water partition coefficient (Wildman–Crippen LogP) is 3.75. The van der Waals surface area contributed by atoms with Crippen molar-refractivity contribution in [3.63, 3.8) is 0 Å². The van der Waals surface area contributed by atoms with E-state index in [1.165, 1.54) is 20.3 Å². The molecule has 132 valence electrons. The van der Waals surface area contributed by atoms with Gasteiger partial charge in [0.15, 0.2) is 17.6 Å². The Morgan fingerprint density at radius 3 is 2.24 bits per heavy atom. The van der Waals surface area contributed by atoms with Crippen molar-refractivity contribution in [2.75, 3.05) is 14.2 Å². The molecule has 0 aliphatic rings. The molecule has 25 heavy (non-hydrogen) atoms. The van der Waals surface area contributed by atoms with Crippen molar-refractivity contribution >= 4 is 11.8 Å². The topological polar surface area (TPSA) is 61.8 Å². The van der Waals surface area contributed by atoms with E-state index < -0.39 is 12.1 Å². The quantitative estimate of drug-likeness (QED) is 0.591. The van der Waals surface area contributed by atoms with Crippen LogP contribution >= 0.6 is 0 Å². The highest BCUT2D eigenvalue weighted by Crippen LogP contribution is 2.28. The number of methoxy groups -OCH3 is 2. The Hall–Kier alpha value is -2.82. The first kappa shape index (κ1) is 18.5. The molecular formula is C20H22O5. The summed E-state index contributed by atoms with van der Waals surface area (Å²) in [7, 11) is 3.00.